The summed E-state index contributed by atoms with van der Waals surface area (Å²) >= 11 is 0. The Morgan fingerprint density at radius 3 is 2.89 bits per heavy atom. The van der Waals surface area contributed by atoms with Crippen molar-refractivity contribution < 1.29 is 13.9 Å². The molecule has 0 bridgehead atoms. The van der Waals surface area contributed by atoms with E-state index < -0.39 is 0 Å². The maximum absolute atomic E-state index is 12.7. The predicted octanol–water partition coefficient (Wildman–Crippen LogP) is 0.815. The van der Waals surface area contributed by atoms with E-state index in [1.807, 2.05) is 7.05 Å². The average molecular weight is 266 g/mol. The molecule has 0 aromatic heterocycles. The zero-order chi connectivity index (χ0) is 13.7. The highest BCUT2D eigenvalue weighted by Gasteiger charge is 2.18. The van der Waals surface area contributed by atoms with E-state index in [4.69, 9.17) is 4.74 Å². The summed E-state index contributed by atoms with van der Waals surface area (Å²) in [5, 5.41) is 2.85. The van der Waals surface area contributed by atoms with Crippen LogP contribution in [0.2, 0.25) is 0 Å². The molecule has 1 aliphatic heterocycles. The van der Waals surface area contributed by atoms with Crippen molar-refractivity contribution in [3.8, 4) is 0 Å². The van der Waals surface area contributed by atoms with Crippen LogP contribution in [0.15, 0.2) is 24.3 Å². The molecule has 1 fully saturated rings. The van der Waals surface area contributed by atoms with Crippen molar-refractivity contribution >= 4 is 5.91 Å². The van der Waals surface area contributed by atoms with Crippen molar-refractivity contribution in [3.63, 3.8) is 0 Å². The minimum absolute atomic E-state index is 0.0518. The smallest absolute Gasteiger partial charge is 0.224 e. The van der Waals surface area contributed by atoms with Gasteiger partial charge in [-0.2, -0.15) is 0 Å². The van der Waals surface area contributed by atoms with Gasteiger partial charge >= 0.3 is 0 Å². The number of nitrogens with one attached hydrogen (secondary N) is 1. The molecule has 0 aliphatic carbocycles. The molecule has 5 heteroatoms. The second-order valence-electron chi connectivity index (χ2n) is 4.86. The lowest BCUT2D eigenvalue weighted by molar-refractivity contribution is -0.121. The predicted molar refractivity (Wildman–Crippen MR) is 70.4 cm³/mol. The molecule has 1 saturated heterocycles. The van der Waals surface area contributed by atoms with Crippen molar-refractivity contribution in [1.29, 1.82) is 0 Å². The van der Waals surface area contributed by atoms with Crippen molar-refractivity contribution in [1.82, 2.24) is 10.2 Å². The number of hydrogen-bond acceptors (Lipinski definition) is 3. The van der Waals surface area contributed by atoms with E-state index in [0.29, 0.717) is 13.2 Å². The van der Waals surface area contributed by atoms with Gasteiger partial charge in [-0.3, -0.25) is 4.79 Å². The first-order chi connectivity index (χ1) is 9.13. The lowest BCUT2D eigenvalue weighted by Gasteiger charge is -2.30. The number of ether oxygens (including phenoxy) is 1. The Kier molecular flexibility index (Phi) is 4.87. The molecule has 1 aromatic rings. The highest BCUT2D eigenvalue weighted by Crippen LogP contribution is 2.04. The van der Waals surface area contributed by atoms with Crippen LogP contribution in [-0.4, -0.2) is 50.2 Å². The third kappa shape index (κ3) is 4.61. The summed E-state index contributed by atoms with van der Waals surface area (Å²) in [7, 11) is 2.04. The summed E-state index contributed by atoms with van der Waals surface area (Å²) in [5.74, 6) is -0.355. The van der Waals surface area contributed by atoms with E-state index in [9.17, 15) is 9.18 Å². The lowest BCUT2D eigenvalue weighted by Crippen LogP contribution is -2.46. The first kappa shape index (κ1) is 14.0. The van der Waals surface area contributed by atoms with Crippen LogP contribution in [-0.2, 0) is 16.0 Å². The second-order valence-corrected chi connectivity index (χ2v) is 4.86. The van der Waals surface area contributed by atoms with Gasteiger partial charge in [0, 0.05) is 19.6 Å². The molecule has 2 rings (SSSR count). The number of carbonyl (C=O) groups is 1. The van der Waals surface area contributed by atoms with Crippen LogP contribution in [0.25, 0.3) is 0 Å². The zero-order valence-corrected chi connectivity index (χ0v) is 11.1. The van der Waals surface area contributed by atoms with Gasteiger partial charge in [0.1, 0.15) is 5.82 Å². The third-order valence-corrected chi connectivity index (χ3v) is 3.15. The summed E-state index contributed by atoms with van der Waals surface area (Å²) < 4.78 is 18.3. The van der Waals surface area contributed by atoms with Crippen LogP contribution < -0.4 is 5.32 Å². The van der Waals surface area contributed by atoms with Gasteiger partial charge < -0.3 is 15.0 Å². The molecule has 1 atom stereocenters. The van der Waals surface area contributed by atoms with Gasteiger partial charge in [-0.05, 0) is 24.7 Å². The molecule has 1 aliphatic rings. The van der Waals surface area contributed by atoms with Gasteiger partial charge in [-0.25, -0.2) is 4.39 Å². The molecular weight excluding hydrogens is 247 g/mol. The van der Waals surface area contributed by atoms with E-state index in [1.165, 1.54) is 12.1 Å². The van der Waals surface area contributed by atoms with Gasteiger partial charge in [-0.1, -0.05) is 12.1 Å². The fourth-order valence-electron chi connectivity index (χ4n) is 2.07. The van der Waals surface area contributed by atoms with Crippen LogP contribution in [0.1, 0.15) is 5.56 Å². The lowest BCUT2D eigenvalue weighted by atomic mass is 10.1. The first-order valence-corrected chi connectivity index (χ1v) is 6.45. The third-order valence-electron chi connectivity index (χ3n) is 3.15. The van der Waals surface area contributed by atoms with Gasteiger partial charge in [0.2, 0.25) is 5.91 Å². The summed E-state index contributed by atoms with van der Waals surface area (Å²) in [5.41, 5.74) is 0.806. The Hall–Kier alpha value is -1.46. The van der Waals surface area contributed by atoms with E-state index in [0.717, 1.165) is 18.7 Å². The minimum Gasteiger partial charge on any atom is -0.374 e. The molecule has 104 valence electrons. The van der Waals surface area contributed by atoms with Gasteiger partial charge in [-0.15, -0.1) is 0 Å². The Bertz CT molecular complexity index is 422. The molecule has 1 N–H and O–H groups in total. The Morgan fingerprint density at radius 2 is 2.21 bits per heavy atom. The van der Waals surface area contributed by atoms with Crippen LogP contribution in [0.4, 0.5) is 4.39 Å². The van der Waals surface area contributed by atoms with Crippen molar-refractivity contribution in [3.05, 3.63) is 35.6 Å². The Balaban J connectivity index is 1.73. The molecular formula is C14H19FN2O2. The number of carbonyl (C=O) groups excluding carboxylic acids is 1. The van der Waals surface area contributed by atoms with Crippen LogP contribution in [0, 0.1) is 5.82 Å². The maximum Gasteiger partial charge on any atom is 0.224 e. The SMILES string of the molecule is CN1CCOC(CNC(=O)Cc2ccc(F)cc2)C1. The Labute approximate surface area is 112 Å². The van der Waals surface area contributed by atoms with Crippen LogP contribution in [0.5, 0.6) is 0 Å². The van der Waals surface area contributed by atoms with E-state index in [2.05, 4.69) is 10.2 Å². The van der Waals surface area contributed by atoms with E-state index >= 15 is 0 Å². The number of amides is 1. The molecule has 1 aromatic carbocycles. The van der Waals surface area contributed by atoms with Crippen molar-refractivity contribution in [2.45, 2.75) is 12.5 Å². The Morgan fingerprint density at radius 1 is 1.47 bits per heavy atom. The molecule has 19 heavy (non-hydrogen) atoms. The summed E-state index contributed by atoms with van der Waals surface area (Å²) in [6.07, 6.45) is 0.318. The van der Waals surface area contributed by atoms with Crippen LogP contribution >= 0.6 is 0 Å². The number of benzene rings is 1. The zero-order valence-electron chi connectivity index (χ0n) is 11.1. The minimum atomic E-state index is -0.289. The summed E-state index contributed by atoms with van der Waals surface area (Å²) in [6.45, 7) is 2.98. The quantitative estimate of drug-likeness (QED) is 0.877. The van der Waals surface area contributed by atoms with Crippen LogP contribution in [0.3, 0.4) is 0 Å². The first-order valence-electron chi connectivity index (χ1n) is 6.45. The highest BCUT2D eigenvalue weighted by molar-refractivity contribution is 5.78. The number of hydrogen-bond donors (Lipinski definition) is 1. The second kappa shape index (κ2) is 6.63. The molecule has 0 spiro atoms. The number of morpholine rings is 1. The molecule has 0 radical (unpaired) electrons. The summed E-state index contributed by atoms with van der Waals surface area (Å²) in [4.78, 5) is 13.9. The maximum atomic E-state index is 12.7. The summed E-state index contributed by atoms with van der Waals surface area (Å²) in [6, 6.07) is 5.98. The molecule has 1 amide bonds. The highest BCUT2D eigenvalue weighted by atomic mass is 19.1. The number of nitrogens with zero attached hydrogens (tertiary/aromatic N) is 1. The number of likely N-dealkylation sites (N-methyl/N-ethyl adjacent to an activating group) is 1. The van der Waals surface area contributed by atoms with Gasteiger partial charge in [0.05, 0.1) is 19.1 Å². The normalized spacial score (nSPS) is 20.2. The number of rotatable bonds is 4. The van der Waals surface area contributed by atoms with Crippen molar-refractivity contribution in [2.75, 3.05) is 33.3 Å². The van der Waals surface area contributed by atoms with E-state index in [1.54, 1.807) is 12.1 Å². The van der Waals surface area contributed by atoms with Crippen molar-refractivity contribution in [2.24, 2.45) is 0 Å². The van der Waals surface area contributed by atoms with E-state index in [-0.39, 0.29) is 24.2 Å². The largest absolute Gasteiger partial charge is 0.374 e. The van der Waals surface area contributed by atoms with Gasteiger partial charge in [0.15, 0.2) is 0 Å². The standard InChI is InChI=1S/C14H19FN2O2/c1-17-6-7-19-13(10-17)9-16-14(18)8-11-2-4-12(15)5-3-11/h2-5,13H,6-10H2,1H3,(H,16,18). The number of halogens is 1. The molecule has 1 heterocycles. The molecule has 4 nitrogen and oxygen atoms in total. The fourth-order valence-corrected chi connectivity index (χ4v) is 2.07. The fraction of sp³-hybridized carbons (Fsp3) is 0.500. The average Bonchev–Trinajstić information content (AvgIpc) is 2.39. The topological polar surface area (TPSA) is 41.6 Å². The monoisotopic (exact) mass is 266 g/mol. The molecule has 0 saturated carbocycles. The molecule has 1 unspecified atom stereocenters. The van der Waals surface area contributed by atoms with Gasteiger partial charge in [0.25, 0.3) is 0 Å².